The number of hydrogen-bond donors (Lipinski definition) is 2. The molecule has 1 atom stereocenters. The molecule has 36 heavy (non-hydrogen) atoms. The summed E-state index contributed by atoms with van der Waals surface area (Å²) < 4.78 is 9.31. The van der Waals surface area contributed by atoms with Crippen molar-refractivity contribution in [2.24, 2.45) is 11.7 Å². The maximum Gasteiger partial charge on any atom is 0.254 e. The number of para-hydroxylation sites is 1. The van der Waals surface area contributed by atoms with E-state index in [0.29, 0.717) is 24.3 Å². The monoisotopic (exact) mass is 503 g/mol. The van der Waals surface area contributed by atoms with E-state index in [2.05, 4.69) is 34.9 Å². The van der Waals surface area contributed by atoms with Crippen LogP contribution < -0.4 is 10.5 Å². The predicted octanol–water partition coefficient (Wildman–Crippen LogP) is 5.04. The number of aliphatic hydroxyl groups excluding tert-OH is 1. The van der Waals surface area contributed by atoms with Gasteiger partial charge in [-0.1, -0.05) is 18.2 Å². The van der Waals surface area contributed by atoms with Crippen molar-refractivity contribution in [1.29, 1.82) is 0 Å². The zero-order valence-electron chi connectivity index (χ0n) is 20.7. The molecule has 0 bridgehead atoms. The van der Waals surface area contributed by atoms with E-state index in [-0.39, 0.29) is 18.6 Å². The lowest BCUT2D eigenvalue weighted by Crippen LogP contribution is -2.45. The van der Waals surface area contributed by atoms with Gasteiger partial charge in [-0.15, -0.1) is 11.3 Å². The average molecular weight is 504 g/mol. The fraction of sp³-hybridized carbons (Fsp3) is 0.414. The Morgan fingerprint density at radius 2 is 2.03 bits per heavy atom. The van der Waals surface area contributed by atoms with Gasteiger partial charge in [0.15, 0.2) is 0 Å². The maximum atomic E-state index is 13.4. The van der Waals surface area contributed by atoms with Crippen LogP contribution in [0.15, 0.2) is 42.5 Å². The summed E-state index contributed by atoms with van der Waals surface area (Å²) in [7, 11) is 1.66. The number of thiophene rings is 1. The lowest BCUT2D eigenvalue weighted by molar-refractivity contribution is 0.0708. The molecule has 3 heterocycles. The van der Waals surface area contributed by atoms with Crippen LogP contribution in [0.5, 0.6) is 5.75 Å². The molecule has 1 aliphatic heterocycles. The summed E-state index contributed by atoms with van der Waals surface area (Å²) in [6.45, 7) is 2.38. The van der Waals surface area contributed by atoms with Crippen LogP contribution in [0.1, 0.15) is 41.6 Å². The topological polar surface area (TPSA) is 80.7 Å². The summed E-state index contributed by atoms with van der Waals surface area (Å²) in [5.41, 5.74) is 10.3. The van der Waals surface area contributed by atoms with E-state index in [1.807, 2.05) is 17.0 Å². The van der Waals surface area contributed by atoms with Gasteiger partial charge >= 0.3 is 0 Å². The van der Waals surface area contributed by atoms with Gasteiger partial charge in [-0.25, -0.2) is 0 Å². The Labute approximate surface area is 215 Å². The third-order valence-electron chi connectivity index (χ3n) is 7.61. The number of benzene rings is 2. The molecule has 2 aromatic heterocycles. The minimum absolute atomic E-state index is 0.00635. The fourth-order valence-electron chi connectivity index (χ4n) is 5.63. The second kappa shape index (κ2) is 9.54. The molecule has 1 saturated heterocycles. The van der Waals surface area contributed by atoms with Crippen LogP contribution in [0.25, 0.3) is 31.6 Å². The number of nitrogens with zero attached hydrogens (tertiary/aromatic N) is 2. The Morgan fingerprint density at radius 3 is 2.78 bits per heavy atom. The molecule has 2 fully saturated rings. The van der Waals surface area contributed by atoms with Crippen molar-refractivity contribution < 1.29 is 14.6 Å². The third kappa shape index (κ3) is 4.19. The summed E-state index contributed by atoms with van der Waals surface area (Å²) in [6, 6.07) is 14.7. The van der Waals surface area contributed by atoms with E-state index in [1.165, 1.54) is 29.4 Å². The van der Waals surface area contributed by atoms with E-state index < -0.39 is 0 Å². The second-order valence-electron chi connectivity index (χ2n) is 10.2. The second-order valence-corrected chi connectivity index (χ2v) is 11.3. The Morgan fingerprint density at radius 1 is 1.19 bits per heavy atom. The van der Waals surface area contributed by atoms with E-state index in [9.17, 15) is 9.90 Å². The number of ether oxygens (including phenoxy) is 1. The van der Waals surface area contributed by atoms with E-state index in [0.717, 1.165) is 52.4 Å². The number of aromatic nitrogens is 1. The number of fused-ring (bicyclic) bond motifs is 2. The highest BCUT2D eigenvalue weighted by atomic mass is 32.1. The smallest absolute Gasteiger partial charge is 0.254 e. The van der Waals surface area contributed by atoms with Gasteiger partial charge < -0.3 is 25.0 Å². The number of piperidine rings is 1. The highest BCUT2D eigenvalue weighted by molar-refractivity contribution is 7.22. The number of carbonyl (C=O) groups is 1. The van der Waals surface area contributed by atoms with Crippen molar-refractivity contribution in [2.75, 3.05) is 26.8 Å². The molecule has 2 aromatic carbocycles. The van der Waals surface area contributed by atoms with Gasteiger partial charge in [-0.2, -0.15) is 0 Å². The molecule has 3 N–H and O–H groups in total. The van der Waals surface area contributed by atoms with Crippen LogP contribution in [0.2, 0.25) is 0 Å². The number of rotatable bonds is 7. The third-order valence-corrected chi connectivity index (χ3v) is 8.81. The average Bonchev–Trinajstić information content (AvgIpc) is 3.54. The number of aliphatic hydroxyl groups is 1. The summed E-state index contributed by atoms with van der Waals surface area (Å²) in [5.74, 6) is 1.42. The van der Waals surface area contributed by atoms with Crippen molar-refractivity contribution in [2.45, 2.75) is 44.7 Å². The van der Waals surface area contributed by atoms with E-state index in [4.69, 9.17) is 10.5 Å². The lowest BCUT2D eigenvalue weighted by atomic mass is 10.0. The van der Waals surface area contributed by atoms with Crippen molar-refractivity contribution in [3.63, 3.8) is 0 Å². The minimum atomic E-state index is 0.00635. The Balaban J connectivity index is 1.51. The molecule has 4 aromatic rings. The molecular formula is C29H33N3O3S. The standard InChI is InChI=1S/C29H33N3O3S/c1-35-25-14-20(29(34)31-11-4-6-21(30)17-31)15-26-27(25)22(10-12-33)28(36-26)24-13-19-5-2-3-7-23(19)32(24)16-18-8-9-18/h2-3,5,7,13-15,18,21,33H,4,6,8-12,16-17,30H2,1H3. The minimum Gasteiger partial charge on any atom is -0.496 e. The quantitative estimate of drug-likeness (QED) is 0.370. The molecule has 188 valence electrons. The highest BCUT2D eigenvalue weighted by Gasteiger charge is 2.28. The molecule has 6 rings (SSSR count). The van der Waals surface area contributed by atoms with Gasteiger partial charge in [0.25, 0.3) is 5.91 Å². The summed E-state index contributed by atoms with van der Waals surface area (Å²) in [6.07, 6.45) is 4.98. The van der Waals surface area contributed by atoms with Crippen LogP contribution in [0.4, 0.5) is 0 Å². The number of hydrogen-bond acceptors (Lipinski definition) is 5. The number of carbonyl (C=O) groups excluding carboxylic acids is 1. The van der Waals surface area contributed by atoms with E-state index in [1.54, 1.807) is 18.4 Å². The first kappa shape index (κ1) is 23.5. The highest BCUT2D eigenvalue weighted by Crippen LogP contribution is 2.46. The van der Waals surface area contributed by atoms with Gasteiger partial charge in [0.2, 0.25) is 0 Å². The van der Waals surface area contributed by atoms with Crippen LogP contribution in [0.3, 0.4) is 0 Å². The molecule has 0 spiro atoms. The molecule has 2 aliphatic rings. The first-order valence-electron chi connectivity index (χ1n) is 12.9. The molecule has 1 unspecified atom stereocenters. The fourth-order valence-corrected chi connectivity index (χ4v) is 6.96. The summed E-state index contributed by atoms with van der Waals surface area (Å²) in [5, 5.41) is 12.2. The number of methoxy groups -OCH3 is 1. The Bertz CT molecular complexity index is 1430. The SMILES string of the molecule is COc1cc(C(=O)N2CCCC(N)C2)cc2sc(-c3cc4ccccc4n3CC3CC3)c(CCO)c12. The molecule has 1 aliphatic carbocycles. The molecule has 1 saturated carbocycles. The molecule has 1 amide bonds. The van der Waals surface area contributed by atoms with Crippen LogP contribution >= 0.6 is 11.3 Å². The predicted molar refractivity (Wildman–Crippen MR) is 146 cm³/mol. The number of nitrogens with two attached hydrogens (primary N) is 1. The number of likely N-dealkylation sites (tertiary alicyclic amines) is 1. The lowest BCUT2D eigenvalue weighted by Gasteiger charge is -2.31. The van der Waals surface area contributed by atoms with Gasteiger partial charge in [0.1, 0.15) is 5.75 Å². The van der Waals surface area contributed by atoms with Crippen molar-refractivity contribution >= 4 is 38.2 Å². The largest absolute Gasteiger partial charge is 0.496 e. The molecule has 7 heteroatoms. The summed E-state index contributed by atoms with van der Waals surface area (Å²) >= 11 is 1.69. The van der Waals surface area contributed by atoms with Crippen molar-refractivity contribution in [3.05, 3.63) is 53.6 Å². The normalized spacial score (nSPS) is 18.3. The van der Waals surface area contributed by atoms with Crippen molar-refractivity contribution in [1.82, 2.24) is 9.47 Å². The molecule has 6 nitrogen and oxygen atoms in total. The van der Waals surface area contributed by atoms with Crippen LogP contribution in [-0.2, 0) is 13.0 Å². The maximum absolute atomic E-state index is 13.4. The van der Waals surface area contributed by atoms with Gasteiger partial charge in [-0.3, -0.25) is 4.79 Å². The van der Waals surface area contributed by atoms with Crippen LogP contribution in [0, 0.1) is 5.92 Å². The molecule has 0 radical (unpaired) electrons. The first-order valence-corrected chi connectivity index (χ1v) is 13.8. The van der Waals surface area contributed by atoms with Crippen LogP contribution in [-0.4, -0.2) is 53.3 Å². The zero-order valence-corrected chi connectivity index (χ0v) is 21.5. The zero-order chi connectivity index (χ0) is 24.8. The Kier molecular flexibility index (Phi) is 6.23. The van der Waals surface area contributed by atoms with Gasteiger partial charge in [0.05, 0.1) is 17.7 Å². The van der Waals surface area contributed by atoms with Crippen molar-refractivity contribution in [3.8, 4) is 16.3 Å². The number of amides is 1. The van der Waals surface area contributed by atoms with Gasteiger partial charge in [0, 0.05) is 58.8 Å². The summed E-state index contributed by atoms with van der Waals surface area (Å²) in [4.78, 5) is 16.4. The molecular weight excluding hydrogens is 470 g/mol. The Hall–Kier alpha value is -2.87. The van der Waals surface area contributed by atoms with Gasteiger partial charge in [-0.05, 0) is 67.9 Å². The first-order chi connectivity index (χ1) is 17.6. The van der Waals surface area contributed by atoms with E-state index >= 15 is 0 Å².